The summed E-state index contributed by atoms with van der Waals surface area (Å²) < 4.78 is 5.29. The van der Waals surface area contributed by atoms with Crippen LogP contribution in [0.3, 0.4) is 0 Å². The first-order valence-electron chi connectivity index (χ1n) is 9.52. The summed E-state index contributed by atoms with van der Waals surface area (Å²) >= 11 is 1.59. The van der Waals surface area contributed by atoms with Crippen LogP contribution >= 0.6 is 36.6 Å². The zero-order valence-electron chi connectivity index (χ0n) is 16.8. The summed E-state index contributed by atoms with van der Waals surface area (Å²) in [6.45, 7) is 3.46. The number of nitrogens with one attached hydrogen (secondary N) is 1. The average Bonchev–Trinajstić information content (AvgIpc) is 3.23. The Morgan fingerprint density at radius 3 is 2.53 bits per heavy atom. The third-order valence-corrected chi connectivity index (χ3v) is 5.63. The molecule has 1 saturated heterocycles. The number of ether oxygens (including phenoxy) is 1. The molecule has 0 saturated carbocycles. The van der Waals surface area contributed by atoms with Crippen molar-refractivity contribution in [3.63, 3.8) is 0 Å². The molecular weight excluding hydrogens is 439 g/mol. The standard InChI is InChI=1S/C22H24N4OS.2ClH/c1-27-19-5-4-6-20(15-19)28-21-11-12-23-22(25-21)24-18-9-7-17(8-10-18)16-26-13-2-3-14-26;;/h4-12,15H,2-3,13-14,16H2,1H3,(H,23,24,25);2*1H. The molecule has 0 unspecified atom stereocenters. The molecule has 2 heterocycles. The Balaban J connectivity index is 0.00000160. The number of halogens is 2. The van der Waals surface area contributed by atoms with Crippen LogP contribution in [0, 0.1) is 0 Å². The molecule has 1 fully saturated rings. The van der Waals surface area contributed by atoms with Gasteiger partial charge in [-0.3, -0.25) is 4.90 Å². The number of likely N-dealkylation sites (tertiary alicyclic amines) is 1. The maximum atomic E-state index is 5.29. The van der Waals surface area contributed by atoms with E-state index in [1.165, 1.54) is 31.5 Å². The molecule has 0 bridgehead atoms. The topological polar surface area (TPSA) is 50.3 Å². The fourth-order valence-electron chi connectivity index (χ4n) is 3.27. The van der Waals surface area contributed by atoms with Gasteiger partial charge in [-0.2, -0.15) is 0 Å². The lowest BCUT2D eigenvalue weighted by molar-refractivity contribution is 0.331. The quantitative estimate of drug-likeness (QED) is 0.444. The summed E-state index contributed by atoms with van der Waals surface area (Å²) in [5.41, 5.74) is 2.34. The van der Waals surface area contributed by atoms with Gasteiger partial charge in [-0.25, -0.2) is 9.97 Å². The first-order valence-corrected chi connectivity index (χ1v) is 10.3. The molecule has 5 nitrogen and oxygen atoms in total. The summed E-state index contributed by atoms with van der Waals surface area (Å²) in [6.07, 6.45) is 4.42. The Hall–Kier alpha value is -1.99. The third-order valence-electron chi connectivity index (χ3n) is 4.71. The second-order valence-electron chi connectivity index (χ2n) is 6.80. The number of hydrogen-bond acceptors (Lipinski definition) is 6. The first-order chi connectivity index (χ1) is 13.8. The highest BCUT2D eigenvalue weighted by atomic mass is 35.5. The lowest BCUT2D eigenvalue weighted by Gasteiger charge is -2.14. The molecule has 3 aromatic rings. The van der Waals surface area contributed by atoms with Gasteiger partial charge in [0.05, 0.1) is 7.11 Å². The zero-order valence-corrected chi connectivity index (χ0v) is 19.2. The lowest BCUT2D eigenvalue weighted by atomic mass is 10.2. The van der Waals surface area contributed by atoms with Gasteiger partial charge in [-0.1, -0.05) is 30.0 Å². The minimum Gasteiger partial charge on any atom is -0.497 e. The van der Waals surface area contributed by atoms with E-state index in [2.05, 4.69) is 44.5 Å². The van der Waals surface area contributed by atoms with Crippen LogP contribution in [0.5, 0.6) is 5.75 Å². The Morgan fingerprint density at radius 1 is 1.03 bits per heavy atom. The van der Waals surface area contributed by atoms with Gasteiger partial charge in [-0.15, -0.1) is 24.8 Å². The van der Waals surface area contributed by atoms with Crippen molar-refractivity contribution in [1.29, 1.82) is 0 Å². The molecule has 30 heavy (non-hydrogen) atoms. The summed E-state index contributed by atoms with van der Waals surface area (Å²) in [7, 11) is 1.67. The Bertz CT molecular complexity index is 921. The molecule has 4 rings (SSSR count). The minimum absolute atomic E-state index is 0. The van der Waals surface area contributed by atoms with Gasteiger partial charge in [0.25, 0.3) is 0 Å². The highest BCUT2D eigenvalue weighted by Crippen LogP contribution is 2.29. The van der Waals surface area contributed by atoms with Gasteiger partial charge >= 0.3 is 0 Å². The molecule has 0 aliphatic carbocycles. The molecule has 0 radical (unpaired) electrons. The summed E-state index contributed by atoms with van der Waals surface area (Å²) in [4.78, 5) is 12.5. The zero-order chi connectivity index (χ0) is 19.2. The lowest BCUT2D eigenvalue weighted by Crippen LogP contribution is -2.18. The largest absolute Gasteiger partial charge is 0.497 e. The van der Waals surface area contributed by atoms with Crippen LogP contribution in [0.4, 0.5) is 11.6 Å². The van der Waals surface area contributed by atoms with Gasteiger partial charge in [-0.05, 0) is 67.9 Å². The number of methoxy groups -OCH3 is 1. The molecule has 0 amide bonds. The van der Waals surface area contributed by atoms with E-state index in [4.69, 9.17) is 4.74 Å². The average molecular weight is 465 g/mol. The van der Waals surface area contributed by atoms with E-state index < -0.39 is 0 Å². The second kappa shape index (κ2) is 12.0. The van der Waals surface area contributed by atoms with Gasteiger partial charge < -0.3 is 10.1 Å². The van der Waals surface area contributed by atoms with Crippen molar-refractivity contribution < 1.29 is 4.74 Å². The highest BCUT2D eigenvalue weighted by Gasteiger charge is 2.11. The van der Waals surface area contributed by atoms with Gasteiger partial charge in [0.2, 0.25) is 5.95 Å². The fraction of sp³-hybridized carbons (Fsp3) is 0.273. The number of benzene rings is 2. The van der Waals surface area contributed by atoms with Gasteiger partial charge in [0.15, 0.2) is 0 Å². The van der Waals surface area contributed by atoms with E-state index in [-0.39, 0.29) is 24.8 Å². The molecule has 1 N–H and O–H groups in total. The first kappa shape index (κ1) is 24.3. The number of hydrogen-bond donors (Lipinski definition) is 1. The summed E-state index contributed by atoms with van der Waals surface area (Å²) in [5.74, 6) is 1.44. The van der Waals surface area contributed by atoms with Crippen LogP contribution in [0.15, 0.2) is 70.7 Å². The van der Waals surface area contributed by atoms with E-state index in [1.807, 2.05) is 30.3 Å². The summed E-state index contributed by atoms with van der Waals surface area (Å²) in [6, 6.07) is 18.4. The molecule has 1 aliphatic heterocycles. The SMILES string of the molecule is COc1cccc(Sc2ccnc(Nc3ccc(CN4CCCC4)cc3)n2)c1.Cl.Cl. The third kappa shape index (κ3) is 6.77. The Kier molecular flexibility index (Phi) is 9.72. The predicted octanol–water partition coefficient (Wildman–Crippen LogP) is 5.82. The van der Waals surface area contributed by atoms with Crippen LogP contribution < -0.4 is 10.1 Å². The molecular formula is C22H26Cl2N4OS. The van der Waals surface area contributed by atoms with Crippen molar-refractivity contribution in [1.82, 2.24) is 14.9 Å². The molecule has 1 aromatic heterocycles. The normalized spacial score (nSPS) is 13.2. The van der Waals surface area contributed by atoms with Crippen molar-refractivity contribution in [2.24, 2.45) is 0 Å². The van der Waals surface area contributed by atoms with Crippen LogP contribution in [0.25, 0.3) is 0 Å². The van der Waals surface area contributed by atoms with Gasteiger partial charge in [0, 0.05) is 23.3 Å². The molecule has 0 atom stereocenters. The monoisotopic (exact) mass is 464 g/mol. The Labute approximate surface area is 194 Å². The van der Waals surface area contributed by atoms with Crippen molar-refractivity contribution in [3.05, 3.63) is 66.4 Å². The number of anilines is 2. The number of nitrogens with zero attached hydrogens (tertiary/aromatic N) is 3. The highest BCUT2D eigenvalue weighted by molar-refractivity contribution is 7.99. The summed E-state index contributed by atoms with van der Waals surface area (Å²) in [5, 5.41) is 4.19. The number of aromatic nitrogens is 2. The predicted molar refractivity (Wildman–Crippen MR) is 128 cm³/mol. The van der Waals surface area contributed by atoms with Crippen LogP contribution in [-0.4, -0.2) is 35.1 Å². The van der Waals surface area contributed by atoms with Gasteiger partial charge in [0.1, 0.15) is 10.8 Å². The molecule has 1 aliphatic rings. The van der Waals surface area contributed by atoms with Crippen molar-refractivity contribution in [2.75, 3.05) is 25.5 Å². The maximum absolute atomic E-state index is 5.29. The van der Waals surface area contributed by atoms with Crippen molar-refractivity contribution >= 4 is 48.2 Å². The number of rotatable bonds is 7. The Morgan fingerprint density at radius 2 is 1.80 bits per heavy atom. The van der Waals surface area contributed by atoms with Crippen LogP contribution in [0.2, 0.25) is 0 Å². The molecule has 2 aromatic carbocycles. The van der Waals surface area contributed by atoms with E-state index in [1.54, 1.807) is 25.1 Å². The van der Waals surface area contributed by atoms with Crippen molar-refractivity contribution in [3.8, 4) is 5.75 Å². The molecule has 8 heteroatoms. The van der Waals surface area contributed by atoms with E-state index in [0.717, 1.165) is 27.9 Å². The second-order valence-corrected chi connectivity index (χ2v) is 7.90. The van der Waals surface area contributed by atoms with E-state index in [9.17, 15) is 0 Å². The minimum atomic E-state index is 0. The maximum Gasteiger partial charge on any atom is 0.228 e. The van der Waals surface area contributed by atoms with Crippen molar-refractivity contribution in [2.45, 2.75) is 29.3 Å². The molecule has 160 valence electrons. The van der Waals surface area contributed by atoms with Crippen LogP contribution in [-0.2, 0) is 6.54 Å². The smallest absolute Gasteiger partial charge is 0.228 e. The van der Waals surface area contributed by atoms with E-state index >= 15 is 0 Å². The molecule has 0 spiro atoms. The van der Waals surface area contributed by atoms with E-state index in [0.29, 0.717) is 5.95 Å². The fourth-order valence-corrected chi connectivity index (χ4v) is 4.09. The van der Waals surface area contributed by atoms with Crippen LogP contribution in [0.1, 0.15) is 18.4 Å².